The van der Waals surface area contributed by atoms with Crippen molar-refractivity contribution in [2.75, 3.05) is 33.9 Å². The van der Waals surface area contributed by atoms with Crippen LogP contribution >= 0.6 is 7.82 Å². The van der Waals surface area contributed by atoms with Crippen molar-refractivity contribution < 1.29 is 41.8 Å². The monoisotopic (exact) mass is 691 g/mol. The highest BCUT2D eigenvalue weighted by Crippen LogP contribution is 2.49. The number of hydrogen-bond acceptors (Lipinski definition) is 12. The second-order valence-corrected chi connectivity index (χ2v) is 13.5. The maximum atomic E-state index is 16.0. The minimum atomic E-state index is -4.63. The highest BCUT2D eigenvalue weighted by atomic mass is 31.2. The van der Waals surface area contributed by atoms with Crippen LogP contribution in [0.1, 0.15) is 46.6 Å². The molecule has 2 fully saturated rings. The number of ether oxygens (including phenoxy) is 4. The van der Waals surface area contributed by atoms with Crippen molar-refractivity contribution in [3.05, 3.63) is 66.2 Å². The zero-order valence-corrected chi connectivity index (χ0v) is 27.9. The number of rotatable bonds is 15. The van der Waals surface area contributed by atoms with E-state index >= 15 is 4.39 Å². The van der Waals surface area contributed by atoms with E-state index < -0.39 is 85.4 Å². The van der Waals surface area contributed by atoms with Crippen LogP contribution < -0.4 is 22.5 Å². The molecule has 0 spiro atoms. The smallest absolute Gasteiger partial charge is 0.376 e. The van der Waals surface area contributed by atoms with Crippen LogP contribution in [0.4, 0.5) is 4.39 Å². The Hall–Kier alpha value is -2.80. The molecule has 0 amide bonds. The summed E-state index contributed by atoms with van der Waals surface area (Å²) >= 11 is 0. The van der Waals surface area contributed by atoms with Gasteiger partial charge in [0.05, 0.1) is 24.9 Å². The van der Waals surface area contributed by atoms with Crippen molar-refractivity contribution in [1.82, 2.24) is 24.0 Å². The number of aromatic amines is 2. The molecule has 19 heteroatoms. The molecule has 2 aliphatic rings. The molecule has 3 N–H and O–H groups in total. The van der Waals surface area contributed by atoms with E-state index in [-0.39, 0.29) is 32.2 Å². The van der Waals surface area contributed by atoms with Gasteiger partial charge in [-0.3, -0.25) is 37.7 Å². The van der Waals surface area contributed by atoms with Gasteiger partial charge in [0.15, 0.2) is 18.6 Å². The van der Waals surface area contributed by atoms with Crippen molar-refractivity contribution >= 4 is 7.82 Å². The van der Waals surface area contributed by atoms with E-state index in [2.05, 4.69) is 9.97 Å². The summed E-state index contributed by atoms with van der Waals surface area (Å²) in [5, 5.41) is 0. The molecule has 0 saturated carbocycles. The van der Waals surface area contributed by atoms with Crippen LogP contribution in [0.2, 0.25) is 0 Å². The number of nitrogens with one attached hydrogen (secondary N) is 2. The summed E-state index contributed by atoms with van der Waals surface area (Å²) in [5.74, 6) is -0.715. The van der Waals surface area contributed by atoms with E-state index in [0.29, 0.717) is 0 Å². The number of alkyl halides is 1. The van der Waals surface area contributed by atoms with Gasteiger partial charge in [0, 0.05) is 44.1 Å². The Morgan fingerprint density at radius 2 is 1.53 bits per heavy atom. The van der Waals surface area contributed by atoms with Crippen molar-refractivity contribution in [3.63, 3.8) is 0 Å². The van der Waals surface area contributed by atoms with Gasteiger partial charge in [-0.25, -0.2) is 18.5 Å². The highest BCUT2D eigenvalue weighted by molar-refractivity contribution is 7.47. The molecule has 2 aromatic rings. The molecule has 264 valence electrons. The first-order valence-corrected chi connectivity index (χ1v) is 16.7. The topological polar surface area (TPSA) is 206 Å². The van der Waals surface area contributed by atoms with Crippen LogP contribution in [0.3, 0.4) is 0 Å². The maximum Gasteiger partial charge on any atom is 0.472 e. The highest BCUT2D eigenvalue weighted by Gasteiger charge is 2.51. The van der Waals surface area contributed by atoms with Gasteiger partial charge < -0.3 is 28.7 Å². The molecule has 0 aromatic carbocycles. The average Bonchev–Trinajstić information content (AvgIpc) is 3.45. The molecule has 9 atom stereocenters. The van der Waals surface area contributed by atoms with E-state index in [1.54, 1.807) is 25.8 Å². The van der Waals surface area contributed by atoms with Crippen LogP contribution in [0.5, 0.6) is 0 Å². The van der Waals surface area contributed by atoms with Gasteiger partial charge in [-0.2, -0.15) is 0 Å². The van der Waals surface area contributed by atoms with Gasteiger partial charge in [0.1, 0.15) is 18.3 Å². The van der Waals surface area contributed by atoms with Crippen LogP contribution in [-0.2, 0) is 32.6 Å². The van der Waals surface area contributed by atoms with Crippen LogP contribution in [0.15, 0.2) is 43.7 Å². The Morgan fingerprint density at radius 3 is 2.06 bits per heavy atom. The molecule has 2 aromatic heterocycles. The first kappa shape index (κ1) is 37.0. The third-order valence-electron chi connectivity index (χ3n) is 7.81. The maximum absolute atomic E-state index is 16.0. The number of aromatic nitrogens is 4. The molecule has 4 heterocycles. The Balaban J connectivity index is 1.53. The Bertz CT molecular complexity index is 1630. The molecular weight excluding hydrogens is 648 g/mol. The summed E-state index contributed by atoms with van der Waals surface area (Å²) in [6.07, 6.45) is -6.22. The van der Waals surface area contributed by atoms with Crippen molar-refractivity contribution in [3.8, 4) is 0 Å². The predicted molar refractivity (Wildman–Crippen MR) is 164 cm³/mol. The molecule has 0 bridgehead atoms. The number of H-pyrrole nitrogens is 2. The Labute approximate surface area is 269 Å². The number of halogens is 1. The van der Waals surface area contributed by atoms with Crippen molar-refractivity contribution in [2.24, 2.45) is 5.92 Å². The Kier molecular flexibility index (Phi) is 12.3. The van der Waals surface area contributed by atoms with E-state index in [0.717, 1.165) is 21.3 Å². The quantitative estimate of drug-likeness (QED) is 0.218. The first-order chi connectivity index (χ1) is 22.1. The lowest BCUT2D eigenvalue weighted by Gasteiger charge is -2.28. The SMILES string of the molecule is CO[C@@H]1[C@H](OP(=O)(O)OC(C)C)[C@@H](CN(C)CC[C@H]2[C@@H](F)[C@H](n3ccc(=O)[nH]c3=O)O[C@@H]2COC(C)C)O[C@H]1n1ccc(=O)[nH]c1=O. The molecule has 1 unspecified atom stereocenters. The van der Waals surface area contributed by atoms with Crippen LogP contribution in [0, 0.1) is 5.92 Å². The zero-order chi connectivity index (χ0) is 34.6. The second kappa shape index (κ2) is 15.6. The molecule has 47 heavy (non-hydrogen) atoms. The number of phosphoric ester groups is 1. The molecule has 4 rings (SSSR count). The van der Waals surface area contributed by atoms with E-state index in [9.17, 15) is 28.6 Å². The van der Waals surface area contributed by atoms with Gasteiger partial charge in [0.2, 0.25) is 0 Å². The number of phosphoric acid groups is 1. The number of methoxy groups -OCH3 is 1. The normalized spacial score (nSPS) is 29.3. The minimum absolute atomic E-state index is 0.0650. The van der Waals surface area contributed by atoms with Crippen LogP contribution in [0.25, 0.3) is 0 Å². The van der Waals surface area contributed by atoms with Gasteiger partial charge in [-0.1, -0.05) is 0 Å². The lowest BCUT2D eigenvalue weighted by Crippen LogP contribution is -2.42. The van der Waals surface area contributed by atoms with E-state index in [4.69, 9.17) is 28.0 Å². The summed E-state index contributed by atoms with van der Waals surface area (Å²) in [6, 6.07) is 2.23. The zero-order valence-electron chi connectivity index (χ0n) is 27.0. The first-order valence-electron chi connectivity index (χ1n) is 15.2. The van der Waals surface area contributed by atoms with Crippen molar-refractivity contribution in [1.29, 1.82) is 0 Å². The summed E-state index contributed by atoms with van der Waals surface area (Å²) < 4.78 is 65.0. The fraction of sp³-hybridized carbons (Fsp3) is 0.714. The van der Waals surface area contributed by atoms with Gasteiger partial charge in [0.25, 0.3) is 11.1 Å². The van der Waals surface area contributed by atoms with Gasteiger partial charge in [-0.05, 0) is 47.7 Å². The number of hydrogen-bond donors (Lipinski definition) is 3. The average molecular weight is 692 g/mol. The molecule has 0 aliphatic carbocycles. The molecule has 0 radical (unpaired) electrons. The lowest BCUT2D eigenvalue weighted by molar-refractivity contribution is -0.0691. The summed E-state index contributed by atoms with van der Waals surface area (Å²) in [5.41, 5.74) is -2.84. The predicted octanol–water partition coefficient (Wildman–Crippen LogP) is 0.508. The Morgan fingerprint density at radius 1 is 0.957 bits per heavy atom. The van der Waals surface area contributed by atoms with E-state index in [1.165, 1.54) is 19.5 Å². The minimum Gasteiger partial charge on any atom is -0.376 e. The molecule has 17 nitrogen and oxygen atoms in total. The van der Waals surface area contributed by atoms with E-state index in [1.807, 2.05) is 13.8 Å². The third-order valence-corrected chi connectivity index (χ3v) is 9.01. The number of nitrogens with zero attached hydrogens (tertiary/aromatic N) is 3. The fourth-order valence-corrected chi connectivity index (χ4v) is 6.86. The molecule has 2 saturated heterocycles. The summed E-state index contributed by atoms with van der Waals surface area (Å²) in [7, 11) is -1.59. The number of likely N-dealkylation sites (N-methyl/N-ethyl adjacent to an activating group) is 1. The second-order valence-electron chi connectivity index (χ2n) is 12.1. The summed E-state index contributed by atoms with van der Waals surface area (Å²) in [6.45, 7) is 7.17. The third kappa shape index (κ3) is 9.22. The summed E-state index contributed by atoms with van der Waals surface area (Å²) in [4.78, 5) is 64.8. The van der Waals surface area contributed by atoms with Gasteiger partial charge >= 0.3 is 19.2 Å². The molecule has 2 aliphatic heterocycles. The van der Waals surface area contributed by atoms with Gasteiger partial charge in [-0.15, -0.1) is 0 Å². The largest absolute Gasteiger partial charge is 0.472 e. The standard InChI is InChI=1S/C28H43FN5O12P/c1-15(2)42-14-19-17(22(29)25(44-19)33-11-8-20(35)30-27(33)37)7-10-32(5)13-18-23(46-47(39,40)45-16(3)4)24(41-6)26(43-18)34-12-9-21(36)31-28(34)38/h8-9,11-12,15-19,22-26H,7,10,13-14H2,1-6H3,(H,39,40)(H,30,35,37)(H,31,36,38)/t17-,18-,19-,22-,23-,24-,25-,26-/m1/s1. The van der Waals surface area contributed by atoms with Crippen molar-refractivity contribution in [2.45, 2.75) is 89.4 Å². The lowest BCUT2D eigenvalue weighted by atomic mass is 9.95. The molecular formula is C28H43FN5O12P. The fourth-order valence-electron chi connectivity index (χ4n) is 5.71. The van der Waals surface area contributed by atoms with Crippen LogP contribution in [-0.4, -0.2) is 106 Å².